The number of phenolic OH excluding ortho intramolecular Hbond substituents is 1. The van der Waals surface area contributed by atoms with Crippen LogP contribution in [0.5, 0.6) is 5.75 Å². The van der Waals surface area contributed by atoms with Gasteiger partial charge in [-0.1, -0.05) is 56.3 Å². The summed E-state index contributed by atoms with van der Waals surface area (Å²) >= 11 is 0. The van der Waals surface area contributed by atoms with E-state index >= 15 is 0 Å². The van der Waals surface area contributed by atoms with Crippen molar-refractivity contribution in [1.82, 2.24) is 0 Å². The summed E-state index contributed by atoms with van der Waals surface area (Å²) in [6, 6.07) is 20.9. The van der Waals surface area contributed by atoms with Crippen molar-refractivity contribution in [2.24, 2.45) is 5.41 Å². The van der Waals surface area contributed by atoms with Crippen molar-refractivity contribution in [1.29, 1.82) is 0 Å². The van der Waals surface area contributed by atoms with Crippen LogP contribution in [0, 0.1) is 11.2 Å². The molecule has 1 amide bonds. The molecule has 2 N–H and O–H groups in total. The van der Waals surface area contributed by atoms with Gasteiger partial charge in [-0.3, -0.25) is 4.79 Å². The van der Waals surface area contributed by atoms with Crippen LogP contribution in [0.4, 0.5) is 10.1 Å². The number of benzene rings is 3. The molecule has 28 heavy (non-hydrogen) atoms. The van der Waals surface area contributed by atoms with Crippen LogP contribution in [0.15, 0.2) is 72.8 Å². The van der Waals surface area contributed by atoms with Crippen molar-refractivity contribution >= 4 is 11.6 Å². The Hall–Kier alpha value is -3.14. The van der Waals surface area contributed by atoms with Crippen LogP contribution < -0.4 is 5.32 Å². The van der Waals surface area contributed by atoms with Crippen LogP contribution in [0.2, 0.25) is 0 Å². The van der Waals surface area contributed by atoms with E-state index in [1.807, 2.05) is 44.2 Å². The van der Waals surface area contributed by atoms with Crippen LogP contribution in [0.25, 0.3) is 11.1 Å². The number of carbonyl (C=O) groups is 1. The van der Waals surface area contributed by atoms with Gasteiger partial charge in [0, 0.05) is 16.7 Å². The molecule has 3 nitrogen and oxygen atoms in total. The summed E-state index contributed by atoms with van der Waals surface area (Å²) < 4.78 is 13.9. The number of halogens is 1. The number of aryl methyl sites for hydroxylation is 1. The molecule has 0 saturated carbocycles. The van der Waals surface area contributed by atoms with Crippen molar-refractivity contribution in [2.75, 3.05) is 5.32 Å². The fraction of sp³-hybridized carbons (Fsp3) is 0.208. The maximum atomic E-state index is 13.9. The smallest absolute Gasteiger partial charge is 0.230 e. The lowest BCUT2D eigenvalue weighted by Gasteiger charge is -2.23. The minimum absolute atomic E-state index is 0.0684. The Balaban J connectivity index is 1.61. The van der Waals surface area contributed by atoms with Gasteiger partial charge < -0.3 is 10.4 Å². The second-order valence-electron chi connectivity index (χ2n) is 7.56. The maximum absolute atomic E-state index is 13.9. The molecule has 0 aromatic heterocycles. The summed E-state index contributed by atoms with van der Waals surface area (Å²) in [7, 11) is 0. The Morgan fingerprint density at radius 1 is 0.964 bits per heavy atom. The van der Waals surface area contributed by atoms with E-state index in [0.717, 1.165) is 17.5 Å². The van der Waals surface area contributed by atoms with Crippen LogP contribution in [0.1, 0.15) is 25.8 Å². The van der Waals surface area contributed by atoms with Gasteiger partial charge in [0.25, 0.3) is 0 Å². The first-order valence-electron chi connectivity index (χ1n) is 9.29. The molecule has 3 rings (SSSR count). The highest BCUT2D eigenvalue weighted by molar-refractivity contribution is 5.94. The molecule has 0 bridgehead atoms. The Labute approximate surface area is 164 Å². The standard InChI is InChI=1S/C24H24FNO2/c1-24(2,23(28)26-19-11-13-20(27)14-12-19)16-15-17-7-9-18(10-8-17)21-5-3-4-6-22(21)25/h3-14,27H,15-16H2,1-2H3,(H,26,28). The molecule has 4 heteroatoms. The Morgan fingerprint density at radius 3 is 2.25 bits per heavy atom. The molecule has 3 aromatic carbocycles. The van der Waals surface area contributed by atoms with Crippen LogP contribution in [-0.2, 0) is 11.2 Å². The molecular weight excluding hydrogens is 353 g/mol. The lowest BCUT2D eigenvalue weighted by molar-refractivity contribution is -0.124. The maximum Gasteiger partial charge on any atom is 0.230 e. The molecule has 3 aromatic rings. The Morgan fingerprint density at radius 2 is 1.61 bits per heavy atom. The van der Waals surface area contributed by atoms with E-state index in [4.69, 9.17) is 0 Å². The molecule has 0 saturated heterocycles. The Kier molecular flexibility index (Phi) is 5.78. The molecule has 144 valence electrons. The Bertz CT molecular complexity index is 947. The quantitative estimate of drug-likeness (QED) is 0.534. The summed E-state index contributed by atoms with van der Waals surface area (Å²) in [5, 5.41) is 12.2. The number of nitrogens with one attached hydrogen (secondary N) is 1. The predicted octanol–water partition coefficient (Wildman–Crippen LogP) is 5.80. The zero-order valence-corrected chi connectivity index (χ0v) is 16.1. The first-order chi connectivity index (χ1) is 13.3. The first kappa shape index (κ1) is 19.6. The molecular formula is C24H24FNO2. The van der Waals surface area contributed by atoms with E-state index < -0.39 is 5.41 Å². The van der Waals surface area contributed by atoms with Crippen LogP contribution in [0.3, 0.4) is 0 Å². The number of aromatic hydroxyl groups is 1. The summed E-state index contributed by atoms with van der Waals surface area (Å²) in [5.41, 5.74) is 2.63. The molecule has 0 aliphatic rings. The molecule has 0 heterocycles. The highest BCUT2D eigenvalue weighted by Crippen LogP contribution is 2.27. The number of amides is 1. The second-order valence-corrected chi connectivity index (χ2v) is 7.56. The van der Waals surface area contributed by atoms with Gasteiger partial charge in [0.05, 0.1) is 0 Å². The molecule has 0 aliphatic carbocycles. The molecule has 0 radical (unpaired) electrons. The van der Waals surface area contributed by atoms with Crippen molar-refractivity contribution in [2.45, 2.75) is 26.7 Å². The van der Waals surface area contributed by atoms with E-state index in [9.17, 15) is 14.3 Å². The fourth-order valence-corrected chi connectivity index (χ4v) is 2.96. The van der Waals surface area contributed by atoms with Crippen molar-refractivity contribution in [3.05, 3.63) is 84.2 Å². The van der Waals surface area contributed by atoms with Gasteiger partial charge >= 0.3 is 0 Å². The number of carbonyl (C=O) groups excluding carboxylic acids is 1. The monoisotopic (exact) mass is 377 g/mol. The van der Waals surface area contributed by atoms with Crippen molar-refractivity contribution in [3.63, 3.8) is 0 Å². The third-order valence-electron chi connectivity index (χ3n) is 4.92. The van der Waals surface area contributed by atoms with Gasteiger partial charge in [-0.25, -0.2) is 4.39 Å². The SMILES string of the molecule is CC(C)(CCc1ccc(-c2ccccc2F)cc1)C(=O)Nc1ccc(O)cc1. The summed E-state index contributed by atoms with van der Waals surface area (Å²) in [5.74, 6) is -0.139. The molecule has 0 unspecified atom stereocenters. The van der Waals surface area contributed by atoms with E-state index in [2.05, 4.69) is 5.32 Å². The van der Waals surface area contributed by atoms with Gasteiger partial charge in [-0.2, -0.15) is 0 Å². The lowest BCUT2D eigenvalue weighted by atomic mass is 9.85. The highest BCUT2D eigenvalue weighted by Gasteiger charge is 2.27. The third kappa shape index (κ3) is 4.77. The molecule has 0 fully saturated rings. The highest BCUT2D eigenvalue weighted by atomic mass is 19.1. The fourth-order valence-electron chi connectivity index (χ4n) is 2.96. The normalized spacial score (nSPS) is 11.2. The van der Waals surface area contributed by atoms with E-state index in [1.54, 1.807) is 36.4 Å². The van der Waals surface area contributed by atoms with Crippen LogP contribution >= 0.6 is 0 Å². The van der Waals surface area contributed by atoms with E-state index in [-0.39, 0.29) is 17.5 Å². The van der Waals surface area contributed by atoms with Gasteiger partial charge in [0.2, 0.25) is 5.91 Å². The van der Waals surface area contributed by atoms with Gasteiger partial charge in [0.15, 0.2) is 0 Å². The van der Waals surface area contributed by atoms with Crippen LogP contribution in [-0.4, -0.2) is 11.0 Å². The minimum Gasteiger partial charge on any atom is -0.508 e. The zero-order valence-electron chi connectivity index (χ0n) is 16.1. The molecule has 0 spiro atoms. The minimum atomic E-state index is -0.553. The lowest BCUT2D eigenvalue weighted by Crippen LogP contribution is -2.31. The third-order valence-corrected chi connectivity index (χ3v) is 4.92. The van der Waals surface area contributed by atoms with E-state index in [0.29, 0.717) is 17.7 Å². The number of anilines is 1. The number of phenols is 1. The topological polar surface area (TPSA) is 49.3 Å². The van der Waals surface area contributed by atoms with Gasteiger partial charge in [0.1, 0.15) is 11.6 Å². The summed E-state index contributed by atoms with van der Waals surface area (Å²) in [6.45, 7) is 3.83. The zero-order chi connectivity index (χ0) is 20.1. The predicted molar refractivity (Wildman–Crippen MR) is 111 cm³/mol. The van der Waals surface area contributed by atoms with Gasteiger partial charge in [-0.05, 0) is 54.3 Å². The van der Waals surface area contributed by atoms with Crippen molar-refractivity contribution in [3.8, 4) is 16.9 Å². The van der Waals surface area contributed by atoms with Crippen molar-refractivity contribution < 1.29 is 14.3 Å². The average Bonchev–Trinajstić information content (AvgIpc) is 2.69. The molecule has 0 aliphatic heterocycles. The summed E-state index contributed by atoms with van der Waals surface area (Å²) in [4.78, 5) is 12.6. The largest absolute Gasteiger partial charge is 0.508 e. The number of hydrogen-bond donors (Lipinski definition) is 2. The first-order valence-corrected chi connectivity index (χ1v) is 9.29. The van der Waals surface area contributed by atoms with E-state index in [1.165, 1.54) is 6.07 Å². The van der Waals surface area contributed by atoms with Gasteiger partial charge in [-0.15, -0.1) is 0 Å². The number of hydrogen-bond acceptors (Lipinski definition) is 2. The second kappa shape index (κ2) is 8.26. The average molecular weight is 377 g/mol. The number of rotatable bonds is 6. The summed E-state index contributed by atoms with van der Waals surface area (Å²) in [6.07, 6.45) is 1.42. The molecule has 0 atom stereocenters.